The van der Waals surface area contributed by atoms with E-state index in [0.29, 0.717) is 35.5 Å². The van der Waals surface area contributed by atoms with Gasteiger partial charge in [0.05, 0.1) is 32.1 Å². The van der Waals surface area contributed by atoms with E-state index >= 15 is 0 Å². The van der Waals surface area contributed by atoms with Gasteiger partial charge in [0.2, 0.25) is 17.6 Å². The van der Waals surface area contributed by atoms with E-state index in [9.17, 15) is 4.79 Å². The summed E-state index contributed by atoms with van der Waals surface area (Å²) in [5, 5.41) is 6.79. The third-order valence-electron chi connectivity index (χ3n) is 3.86. The van der Waals surface area contributed by atoms with Crippen LogP contribution >= 0.6 is 0 Å². The Kier molecular flexibility index (Phi) is 6.22. The summed E-state index contributed by atoms with van der Waals surface area (Å²) in [6, 6.07) is 10.8. The number of hydrogen-bond donors (Lipinski definition) is 1. The van der Waals surface area contributed by atoms with Crippen molar-refractivity contribution in [2.24, 2.45) is 0 Å². The van der Waals surface area contributed by atoms with Crippen LogP contribution in [0.1, 0.15) is 19.2 Å². The maximum atomic E-state index is 12.5. The molecule has 1 amide bonds. The first-order valence-corrected chi connectivity index (χ1v) is 8.71. The SMILES string of the molecule is CCCN(CC(=O)Nc1ccccc1OC)Cc1nc(-c2ccco2)no1. The second kappa shape index (κ2) is 9.00. The Morgan fingerprint density at radius 1 is 1.26 bits per heavy atom. The zero-order chi connectivity index (χ0) is 19.1. The third-order valence-corrected chi connectivity index (χ3v) is 3.86. The Morgan fingerprint density at radius 3 is 2.85 bits per heavy atom. The summed E-state index contributed by atoms with van der Waals surface area (Å²) in [6.45, 7) is 3.34. The molecule has 2 heterocycles. The van der Waals surface area contributed by atoms with E-state index in [-0.39, 0.29) is 12.5 Å². The molecule has 0 saturated carbocycles. The molecular formula is C19H22N4O4. The summed E-state index contributed by atoms with van der Waals surface area (Å²) < 4.78 is 15.8. The van der Waals surface area contributed by atoms with Crippen LogP contribution in [0.5, 0.6) is 5.75 Å². The van der Waals surface area contributed by atoms with Gasteiger partial charge in [0, 0.05) is 0 Å². The lowest BCUT2D eigenvalue weighted by Gasteiger charge is -2.19. The Hall–Kier alpha value is -3.13. The van der Waals surface area contributed by atoms with Crippen molar-refractivity contribution in [3.05, 3.63) is 48.6 Å². The molecule has 0 aliphatic heterocycles. The highest BCUT2D eigenvalue weighted by atomic mass is 16.5. The zero-order valence-corrected chi connectivity index (χ0v) is 15.3. The van der Waals surface area contributed by atoms with Gasteiger partial charge in [-0.2, -0.15) is 4.98 Å². The number of nitrogens with one attached hydrogen (secondary N) is 1. The van der Waals surface area contributed by atoms with E-state index in [1.165, 1.54) is 0 Å². The molecule has 0 atom stereocenters. The normalized spacial score (nSPS) is 10.9. The van der Waals surface area contributed by atoms with Crippen LogP contribution in [0.2, 0.25) is 0 Å². The number of benzene rings is 1. The predicted molar refractivity (Wildman–Crippen MR) is 99.2 cm³/mol. The number of methoxy groups -OCH3 is 1. The smallest absolute Gasteiger partial charge is 0.241 e. The molecule has 0 saturated heterocycles. The van der Waals surface area contributed by atoms with Crippen LogP contribution in [0.3, 0.4) is 0 Å². The van der Waals surface area contributed by atoms with Crippen molar-refractivity contribution >= 4 is 11.6 Å². The summed E-state index contributed by atoms with van der Waals surface area (Å²) in [5.41, 5.74) is 0.638. The highest BCUT2D eigenvalue weighted by molar-refractivity contribution is 5.93. The van der Waals surface area contributed by atoms with Gasteiger partial charge < -0.3 is 19.0 Å². The molecule has 0 fully saturated rings. The fraction of sp³-hybridized carbons (Fsp3) is 0.316. The highest BCUT2D eigenvalue weighted by Gasteiger charge is 2.17. The Labute approximate surface area is 157 Å². The number of carbonyl (C=O) groups excluding carboxylic acids is 1. The minimum Gasteiger partial charge on any atom is -0.495 e. The van der Waals surface area contributed by atoms with E-state index in [4.69, 9.17) is 13.7 Å². The van der Waals surface area contributed by atoms with Crippen molar-refractivity contribution in [2.75, 3.05) is 25.5 Å². The molecule has 3 rings (SSSR count). The standard InChI is InChI=1S/C19H22N4O4/c1-3-10-23(12-17(24)20-14-7-4-5-8-15(14)25-2)13-18-21-19(22-27-18)16-9-6-11-26-16/h4-9,11H,3,10,12-13H2,1-2H3,(H,20,24). The molecule has 0 spiro atoms. The number of para-hydroxylation sites is 2. The van der Waals surface area contributed by atoms with Crippen molar-refractivity contribution < 1.29 is 18.5 Å². The monoisotopic (exact) mass is 370 g/mol. The Balaban J connectivity index is 1.62. The number of carbonyl (C=O) groups is 1. The van der Waals surface area contributed by atoms with Crippen LogP contribution in [0.25, 0.3) is 11.6 Å². The summed E-state index contributed by atoms with van der Waals surface area (Å²) in [7, 11) is 1.57. The molecule has 0 aliphatic rings. The van der Waals surface area contributed by atoms with E-state index < -0.39 is 0 Å². The highest BCUT2D eigenvalue weighted by Crippen LogP contribution is 2.23. The molecule has 1 N–H and O–H groups in total. The predicted octanol–water partition coefficient (Wildman–Crippen LogP) is 3.19. The summed E-state index contributed by atoms with van der Waals surface area (Å²) in [5.74, 6) is 1.84. The van der Waals surface area contributed by atoms with Crippen LogP contribution < -0.4 is 10.1 Å². The van der Waals surface area contributed by atoms with Crippen molar-refractivity contribution in [1.29, 1.82) is 0 Å². The average molecular weight is 370 g/mol. The number of ether oxygens (including phenoxy) is 1. The topological polar surface area (TPSA) is 93.6 Å². The van der Waals surface area contributed by atoms with Crippen molar-refractivity contribution in [3.63, 3.8) is 0 Å². The molecule has 8 heteroatoms. The van der Waals surface area contributed by atoms with Crippen LogP contribution in [0.4, 0.5) is 5.69 Å². The maximum absolute atomic E-state index is 12.5. The van der Waals surface area contributed by atoms with Crippen LogP contribution in [-0.4, -0.2) is 41.1 Å². The number of rotatable bonds is 9. The lowest BCUT2D eigenvalue weighted by Crippen LogP contribution is -2.33. The number of anilines is 1. The Morgan fingerprint density at radius 2 is 2.11 bits per heavy atom. The molecular weight excluding hydrogens is 348 g/mol. The number of aromatic nitrogens is 2. The lowest BCUT2D eigenvalue weighted by atomic mass is 10.3. The van der Waals surface area contributed by atoms with Crippen LogP contribution in [0.15, 0.2) is 51.6 Å². The molecule has 142 valence electrons. The molecule has 0 radical (unpaired) electrons. The largest absolute Gasteiger partial charge is 0.495 e. The average Bonchev–Trinajstić information content (AvgIpc) is 3.34. The van der Waals surface area contributed by atoms with Crippen molar-refractivity contribution in [3.8, 4) is 17.3 Å². The summed E-state index contributed by atoms with van der Waals surface area (Å²) in [4.78, 5) is 18.7. The van der Waals surface area contributed by atoms with Gasteiger partial charge in [-0.1, -0.05) is 24.2 Å². The van der Waals surface area contributed by atoms with Gasteiger partial charge in [-0.3, -0.25) is 9.69 Å². The minimum atomic E-state index is -0.140. The van der Waals surface area contributed by atoms with Gasteiger partial charge in [0.1, 0.15) is 5.75 Å². The molecule has 27 heavy (non-hydrogen) atoms. The third kappa shape index (κ3) is 4.95. The fourth-order valence-electron chi connectivity index (χ4n) is 2.69. The Bertz CT molecular complexity index is 860. The second-order valence-electron chi connectivity index (χ2n) is 5.95. The van der Waals surface area contributed by atoms with E-state index in [1.54, 1.807) is 37.6 Å². The van der Waals surface area contributed by atoms with Gasteiger partial charge >= 0.3 is 0 Å². The van der Waals surface area contributed by atoms with Crippen LogP contribution in [0, 0.1) is 0 Å². The number of nitrogens with zero attached hydrogens (tertiary/aromatic N) is 3. The quantitative estimate of drug-likeness (QED) is 0.618. The number of furan rings is 1. The van der Waals surface area contributed by atoms with Gasteiger partial charge in [-0.15, -0.1) is 0 Å². The first-order valence-electron chi connectivity index (χ1n) is 8.71. The minimum absolute atomic E-state index is 0.140. The van der Waals surface area contributed by atoms with Crippen molar-refractivity contribution in [2.45, 2.75) is 19.9 Å². The van der Waals surface area contributed by atoms with E-state index in [1.807, 2.05) is 24.0 Å². The maximum Gasteiger partial charge on any atom is 0.241 e. The molecule has 1 aromatic carbocycles. The summed E-state index contributed by atoms with van der Waals surface area (Å²) >= 11 is 0. The van der Waals surface area contributed by atoms with Crippen molar-refractivity contribution in [1.82, 2.24) is 15.0 Å². The first-order chi connectivity index (χ1) is 13.2. The fourth-order valence-corrected chi connectivity index (χ4v) is 2.69. The molecule has 8 nitrogen and oxygen atoms in total. The van der Waals surface area contributed by atoms with E-state index in [2.05, 4.69) is 15.5 Å². The number of hydrogen-bond acceptors (Lipinski definition) is 7. The molecule has 0 aliphatic carbocycles. The van der Waals surface area contributed by atoms with Gasteiger partial charge in [-0.25, -0.2) is 0 Å². The van der Waals surface area contributed by atoms with E-state index in [0.717, 1.165) is 13.0 Å². The molecule has 0 bridgehead atoms. The molecule has 2 aromatic heterocycles. The lowest BCUT2D eigenvalue weighted by molar-refractivity contribution is -0.117. The first kappa shape index (κ1) is 18.7. The van der Waals surface area contributed by atoms with Gasteiger partial charge in [0.25, 0.3) is 0 Å². The summed E-state index contributed by atoms with van der Waals surface area (Å²) in [6.07, 6.45) is 2.44. The molecule has 3 aromatic rings. The number of amides is 1. The van der Waals surface area contributed by atoms with Crippen LogP contribution in [-0.2, 0) is 11.3 Å². The van der Waals surface area contributed by atoms with Gasteiger partial charge in [0.15, 0.2) is 5.76 Å². The zero-order valence-electron chi connectivity index (χ0n) is 15.3. The molecule has 0 unspecified atom stereocenters. The van der Waals surface area contributed by atoms with Gasteiger partial charge in [-0.05, 0) is 37.2 Å². The second-order valence-corrected chi connectivity index (χ2v) is 5.95.